The average molecular weight is 289 g/mol. The highest BCUT2D eigenvalue weighted by Gasteiger charge is 2.30. The van der Waals surface area contributed by atoms with Crippen molar-refractivity contribution in [2.24, 2.45) is 11.7 Å². The molecule has 0 aliphatic heterocycles. The van der Waals surface area contributed by atoms with Gasteiger partial charge in [-0.2, -0.15) is 11.8 Å². The van der Waals surface area contributed by atoms with Gasteiger partial charge in [0.2, 0.25) is 5.91 Å². The highest BCUT2D eigenvalue weighted by Crippen LogP contribution is 2.21. The molecule has 0 fully saturated rings. The number of unbranched alkanes of at least 4 members (excludes halogenated alkanes) is 1. The van der Waals surface area contributed by atoms with E-state index in [0.29, 0.717) is 5.25 Å². The van der Waals surface area contributed by atoms with Gasteiger partial charge in [0.15, 0.2) is 0 Å². The maximum absolute atomic E-state index is 11.6. The standard InChI is InChI=1S/C15H32N2OS/c1-11(2)13(5)19-10-8-7-9-15(6,14(16)18)17-12(3)4/h11-13,17H,7-10H2,1-6H3,(H2,16,18). The van der Waals surface area contributed by atoms with E-state index in [-0.39, 0.29) is 11.9 Å². The van der Waals surface area contributed by atoms with Crippen LogP contribution in [0.15, 0.2) is 0 Å². The molecule has 0 aromatic carbocycles. The van der Waals surface area contributed by atoms with Crippen LogP contribution in [0, 0.1) is 5.92 Å². The molecule has 0 rings (SSSR count). The van der Waals surface area contributed by atoms with E-state index in [1.165, 1.54) is 0 Å². The summed E-state index contributed by atoms with van der Waals surface area (Å²) in [5.41, 5.74) is 4.95. The van der Waals surface area contributed by atoms with E-state index in [1.54, 1.807) is 0 Å². The molecule has 0 saturated heterocycles. The highest BCUT2D eigenvalue weighted by molar-refractivity contribution is 7.99. The third-order valence-corrected chi connectivity index (χ3v) is 5.14. The van der Waals surface area contributed by atoms with E-state index in [4.69, 9.17) is 5.73 Å². The molecule has 0 aliphatic carbocycles. The fourth-order valence-corrected chi connectivity index (χ4v) is 3.07. The molecule has 1 amide bonds. The lowest BCUT2D eigenvalue weighted by Crippen LogP contribution is -2.55. The number of amides is 1. The summed E-state index contributed by atoms with van der Waals surface area (Å²) >= 11 is 2.02. The maximum atomic E-state index is 11.6. The Balaban J connectivity index is 3.98. The van der Waals surface area contributed by atoms with Gasteiger partial charge in [-0.1, -0.05) is 27.2 Å². The average Bonchev–Trinajstić information content (AvgIpc) is 2.26. The van der Waals surface area contributed by atoms with Gasteiger partial charge in [0.25, 0.3) is 0 Å². The number of nitrogens with one attached hydrogen (secondary N) is 1. The Bertz CT molecular complexity index is 269. The Labute approximate surface area is 123 Å². The van der Waals surface area contributed by atoms with Gasteiger partial charge in [-0.15, -0.1) is 0 Å². The Morgan fingerprint density at radius 2 is 1.79 bits per heavy atom. The molecule has 0 spiro atoms. The maximum Gasteiger partial charge on any atom is 0.237 e. The Kier molecular flexibility index (Phi) is 8.75. The number of hydrogen-bond donors (Lipinski definition) is 2. The lowest BCUT2D eigenvalue weighted by atomic mass is 9.93. The molecule has 2 atom stereocenters. The predicted octanol–water partition coefficient (Wildman–Crippen LogP) is 3.18. The molecule has 0 radical (unpaired) electrons. The van der Waals surface area contributed by atoms with E-state index < -0.39 is 5.54 Å². The molecule has 0 aromatic rings. The van der Waals surface area contributed by atoms with E-state index in [9.17, 15) is 4.79 Å². The zero-order valence-electron chi connectivity index (χ0n) is 13.5. The minimum atomic E-state index is -0.567. The summed E-state index contributed by atoms with van der Waals surface area (Å²) in [5.74, 6) is 1.64. The molecular formula is C15H32N2OS. The van der Waals surface area contributed by atoms with Crippen LogP contribution in [-0.4, -0.2) is 28.5 Å². The summed E-state index contributed by atoms with van der Waals surface area (Å²) in [5, 5.41) is 4.00. The second-order valence-electron chi connectivity index (χ2n) is 6.27. The van der Waals surface area contributed by atoms with Gasteiger partial charge in [0.1, 0.15) is 0 Å². The van der Waals surface area contributed by atoms with Crippen molar-refractivity contribution in [1.29, 1.82) is 0 Å². The van der Waals surface area contributed by atoms with Crippen LogP contribution in [0.1, 0.15) is 60.8 Å². The van der Waals surface area contributed by atoms with Crippen LogP contribution in [0.5, 0.6) is 0 Å². The van der Waals surface area contributed by atoms with Gasteiger partial charge >= 0.3 is 0 Å². The molecule has 0 aromatic heterocycles. The summed E-state index contributed by atoms with van der Waals surface area (Å²) in [7, 11) is 0. The van der Waals surface area contributed by atoms with Crippen molar-refractivity contribution in [1.82, 2.24) is 5.32 Å². The van der Waals surface area contributed by atoms with Crippen molar-refractivity contribution >= 4 is 17.7 Å². The van der Waals surface area contributed by atoms with E-state index in [0.717, 1.165) is 30.9 Å². The summed E-state index contributed by atoms with van der Waals surface area (Å²) in [4.78, 5) is 11.6. The first-order chi connectivity index (χ1) is 8.69. The molecule has 0 bridgehead atoms. The second kappa shape index (κ2) is 8.85. The number of nitrogens with two attached hydrogens (primary N) is 1. The second-order valence-corrected chi connectivity index (χ2v) is 7.76. The Morgan fingerprint density at radius 3 is 2.21 bits per heavy atom. The van der Waals surface area contributed by atoms with Crippen LogP contribution in [0.2, 0.25) is 0 Å². The molecule has 2 unspecified atom stereocenters. The molecular weight excluding hydrogens is 256 g/mol. The number of hydrogen-bond acceptors (Lipinski definition) is 3. The zero-order chi connectivity index (χ0) is 15.1. The van der Waals surface area contributed by atoms with Crippen molar-refractivity contribution in [3.63, 3.8) is 0 Å². The van der Waals surface area contributed by atoms with E-state index in [2.05, 4.69) is 26.1 Å². The van der Waals surface area contributed by atoms with Gasteiger partial charge in [0, 0.05) is 11.3 Å². The van der Waals surface area contributed by atoms with Gasteiger partial charge in [-0.25, -0.2) is 0 Å². The lowest BCUT2D eigenvalue weighted by molar-refractivity contribution is -0.124. The molecule has 0 saturated carbocycles. The molecule has 3 nitrogen and oxygen atoms in total. The van der Waals surface area contributed by atoms with Gasteiger partial charge in [0.05, 0.1) is 5.54 Å². The van der Waals surface area contributed by atoms with Crippen LogP contribution in [0.3, 0.4) is 0 Å². The number of rotatable bonds is 10. The largest absolute Gasteiger partial charge is 0.368 e. The number of primary amides is 1. The third-order valence-electron chi connectivity index (χ3n) is 3.54. The first-order valence-electron chi connectivity index (χ1n) is 7.38. The summed E-state index contributed by atoms with van der Waals surface area (Å²) < 4.78 is 0. The van der Waals surface area contributed by atoms with Crippen LogP contribution < -0.4 is 11.1 Å². The minimum Gasteiger partial charge on any atom is -0.368 e. The summed E-state index contributed by atoms with van der Waals surface area (Å²) in [6.07, 6.45) is 3.00. The lowest BCUT2D eigenvalue weighted by Gasteiger charge is -2.30. The van der Waals surface area contributed by atoms with E-state index in [1.807, 2.05) is 32.5 Å². The first-order valence-corrected chi connectivity index (χ1v) is 8.43. The molecule has 0 heterocycles. The number of carbonyl (C=O) groups is 1. The molecule has 0 aliphatic rings. The monoisotopic (exact) mass is 288 g/mol. The first kappa shape index (κ1) is 18.8. The van der Waals surface area contributed by atoms with Crippen LogP contribution >= 0.6 is 11.8 Å². The molecule has 19 heavy (non-hydrogen) atoms. The van der Waals surface area contributed by atoms with Crippen LogP contribution in [-0.2, 0) is 4.79 Å². The summed E-state index contributed by atoms with van der Waals surface area (Å²) in [6, 6.07) is 0.271. The van der Waals surface area contributed by atoms with Crippen LogP contribution in [0.25, 0.3) is 0 Å². The van der Waals surface area contributed by atoms with Crippen molar-refractivity contribution in [3.05, 3.63) is 0 Å². The van der Waals surface area contributed by atoms with E-state index >= 15 is 0 Å². The highest BCUT2D eigenvalue weighted by atomic mass is 32.2. The van der Waals surface area contributed by atoms with Crippen molar-refractivity contribution < 1.29 is 4.79 Å². The van der Waals surface area contributed by atoms with Crippen molar-refractivity contribution in [2.45, 2.75) is 77.6 Å². The van der Waals surface area contributed by atoms with Crippen molar-refractivity contribution in [3.8, 4) is 0 Å². The Morgan fingerprint density at radius 1 is 1.21 bits per heavy atom. The van der Waals surface area contributed by atoms with Gasteiger partial charge in [-0.3, -0.25) is 4.79 Å². The van der Waals surface area contributed by atoms with Gasteiger partial charge in [-0.05, 0) is 45.3 Å². The molecule has 3 N–H and O–H groups in total. The Hall–Kier alpha value is -0.220. The fraction of sp³-hybridized carbons (Fsp3) is 0.933. The smallest absolute Gasteiger partial charge is 0.237 e. The van der Waals surface area contributed by atoms with Crippen molar-refractivity contribution in [2.75, 3.05) is 5.75 Å². The zero-order valence-corrected chi connectivity index (χ0v) is 14.3. The van der Waals surface area contributed by atoms with Gasteiger partial charge < -0.3 is 11.1 Å². The normalized spacial score (nSPS) is 16.6. The number of thioether (sulfide) groups is 1. The molecule has 114 valence electrons. The third kappa shape index (κ3) is 7.83. The number of carbonyl (C=O) groups excluding carboxylic acids is 1. The topological polar surface area (TPSA) is 55.1 Å². The van der Waals surface area contributed by atoms with Crippen LogP contribution in [0.4, 0.5) is 0 Å². The SMILES string of the molecule is CC(C)NC(C)(CCCCSC(C)C(C)C)C(N)=O. The fourth-order valence-electron chi connectivity index (χ4n) is 1.95. The quantitative estimate of drug-likeness (QED) is 0.607. The minimum absolute atomic E-state index is 0.246. The molecule has 4 heteroatoms. The predicted molar refractivity (Wildman–Crippen MR) is 86.5 cm³/mol. The summed E-state index contributed by atoms with van der Waals surface area (Å²) in [6.45, 7) is 12.8.